The Morgan fingerprint density at radius 2 is 2.04 bits per heavy atom. The fourth-order valence-electron chi connectivity index (χ4n) is 5.03. The molecule has 3 heterocycles. The number of imidazole rings is 1. The molecule has 2 aromatic rings. The standard InChI is InChI=1S/C19H30N6O2/c1-12-6-4-8-19(2,10-12)25-14-15(22-18(27)23(3)16(14)26)21-17(25)24-9-5-7-13(20)11-24/h12-13H,4-11,20H2,1-3H3,(H,22,27). The summed E-state index contributed by atoms with van der Waals surface area (Å²) in [6, 6.07) is 0.104. The van der Waals surface area contributed by atoms with Crippen LogP contribution < -0.4 is 21.9 Å². The van der Waals surface area contributed by atoms with Gasteiger partial charge >= 0.3 is 5.69 Å². The van der Waals surface area contributed by atoms with Gasteiger partial charge in [0.1, 0.15) is 0 Å². The monoisotopic (exact) mass is 374 g/mol. The second-order valence-electron chi connectivity index (χ2n) is 8.79. The molecule has 2 aliphatic rings. The molecule has 148 valence electrons. The molecule has 8 nitrogen and oxygen atoms in total. The molecule has 3 unspecified atom stereocenters. The fourth-order valence-corrected chi connectivity index (χ4v) is 5.03. The van der Waals surface area contributed by atoms with Gasteiger partial charge in [-0.05, 0) is 38.5 Å². The molecule has 2 fully saturated rings. The van der Waals surface area contributed by atoms with E-state index in [9.17, 15) is 9.59 Å². The minimum atomic E-state index is -0.429. The average Bonchev–Trinajstić information content (AvgIpc) is 3.00. The first-order chi connectivity index (χ1) is 12.8. The van der Waals surface area contributed by atoms with E-state index in [1.807, 2.05) is 0 Å². The highest BCUT2D eigenvalue weighted by atomic mass is 16.2. The maximum atomic E-state index is 13.0. The molecule has 0 radical (unpaired) electrons. The number of hydrogen-bond donors (Lipinski definition) is 2. The van der Waals surface area contributed by atoms with Crippen molar-refractivity contribution >= 4 is 17.1 Å². The van der Waals surface area contributed by atoms with Crippen LogP contribution in [0, 0.1) is 5.92 Å². The van der Waals surface area contributed by atoms with Crippen molar-refractivity contribution in [2.75, 3.05) is 18.0 Å². The van der Waals surface area contributed by atoms with Crippen molar-refractivity contribution in [3.05, 3.63) is 20.8 Å². The quantitative estimate of drug-likeness (QED) is 0.824. The number of nitrogens with zero attached hydrogens (tertiary/aromatic N) is 4. The summed E-state index contributed by atoms with van der Waals surface area (Å²) in [6.07, 6.45) is 6.34. The van der Waals surface area contributed by atoms with Crippen LogP contribution in [-0.4, -0.2) is 38.2 Å². The molecule has 0 aromatic carbocycles. The van der Waals surface area contributed by atoms with Gasteiger partial charge in [0.25, 0.3) is 5.56 Å². The molecule has 1 saturated heterocycles. The van der Waals surface area contributed by atoms with Crippen LogP contribution in [0.4, 0.5) is 5.95 Å². The van der Waals surface area contributed by atoms with Crippen LogP contribution in [0.1, 0.15) is 52.4 Å². The first kappa shape index (κ1) is 18.3. The minimum Gasteiger partial charge on any atom is -0.341 e. The zero-order valence-corrected chi connectivity index (χ0v) is 16.5. The van der Waals surface area contributed by atoms with Crippen LogP contribution in [0.15, 0.2) is 9.59 Å². The van der Waals surface area contributed by atoms with E-state index in [1.165, 1.54) is 13.5 Å². The minimum absolute atomic E-state index is 0.104. The van der Waals surface area contributed by atoms with Gasteiger partial charge in [0.2, 0.25) is 5.95 Å². The molecule has 1 aliphatic heterocycles. The molecule has 0 spiro atoms. The van der Waals surface area contributed by atoms with E-state index < -0.39 is 5.69 Å². The van der Waals surface area contributed by atoms with Crippen molar-refractivity contribution in [1.82, 2.24) is 19.1 Å². The van der Waals surface area contributed by atoms with E-state index in [-0.39, 0.29) is 17.1 Å². The molecular formula is C19H30N6O2. The Balaban J connectivity index is 1.98. The van der Waals surface area contributed by atoms with Crippen molar-refractivity contribution < 1.29 is 0 Å². The zero-order valence-electron chi connectivity index (χ0n) is 16.5. The molecule has 4 rings (SSSR count). The Morgan fingerprint density at radius 3 is 2.74 bits per heavy atom. The number of nitrogens with one attached hydrogen (secondary N) is 1. The van der Waals surface area contributed by atoms with E-state index in [2.05, 4.69) is 28.3 Å². The topological polar surface area (TPSA) is 102 Å². The van der Waals surface area contributed by atoms with Crippen molar-refractivity contribution in [3.63, 3.8) is 0 Å². The second kappa shape index (κ2) is 6.51. The SMILES string of the molecule is CC1CCCC(C)(n2c(N3CCCC(N)C3)nc3[nH]c(=O)n(C)c(=O)c32)C1. The maximum absolute atomic E-state index is 13.0. The van der Waals surface area contributed by atoms with Gasteiger partial charge < -0.3 is 10.6 Å². The molecule has 27 heavy (non-hydrogen) atoms. The summed E-state index contributed by atoms with van der Waals surface area (Å²) < 4.78 is 3.26. The fraction of sp³-hybridized carbons (Fsp3) is 0.737. The number of rotatable bonds is 2. The van der Waals surface area contributed by atoms with Crippen LogP contribution in [0.2, 0.25) is 0 Å². The first-order valence-electron chi connectivity index (χ1n) is 10.0. The number of aromatic amines is 1. The van der Waals surface area contributed by atoms with Gasteiger partial charge in [-0.25, -0.2) is 4.79 Å². The lowest BCUT2D eigenvalue weighted by Crippen LogP contribution is -2.46. The lowest BCUT2D eigenvalue weighted by Gasteiger charge is -2.41. The molecule has 0 amide bonds. The highest BCUT2D eigenvalue weighted by Gasteiger charge is 2.38. The van der Waals surface area contributed by atoms with Crippen molar-refractivity contribution in [2.45, 2.75) is 64.0 Å². The summed E-state index contributed by atoms with van der Waals surface area (Å²) >= 11 is 0. The third kappa shape index (κ3) is 2.99. The largest absolute Gasteiger partial charge is 0.341 e. The number of anilines is 1. The third-order valence-electron chi connectivity index (χ3n) is 6.38. The molecule has 1 saturated carbocycles. The molecule has 0 bridgehead atoms. The van der Waals surface area contributed by atoms with Gasteiger partial charge in [0.15, 0.2) is 11.2 Å². The van der Waals surface area contributed by atoms with Gasteiger partial charge in [-0.2, -0.15) is 4.98 Å². The number of piperidine rings is 1. The Hall–Kier alpha value is -2.09. The number of fused-ring (bicyclic) bond motifs is 1. The summed E-state index contributed by atoms with van der Waals surface area (Å²) in [5.74, 6) is 1.36. The van der Waals surface area contributed by atoms with Gasteiger partial charge in [-0.1, -0.05) is 19.8 Å². The van der Waals surface area contributed by atoms with Crippen molar-refractivity contribution in [2.24, 2.45) is 18.7 Å². The predicted octanol–water partition coefficient (Wildman–Crippen LogP) is 1.28. The molecular weight excluding hydrogens is 344 g/mol. The molecule has 3 N–H and O–H groups in total. The normalized spacial score (nSPS) is 29.4. The number of aromatic nitrogens is 4. The van der Waals surface area contributed by atoms with Crippen LogP contribution in [0.25, 0.3) is 11.2 Å². The molecule has 3 atom stereocenters. The van der Waals surface area contributed by atoms with E-state index in [0.717, 1.165) is 55.7 Å². The predicted molar refractivity (Wildman–Crippen MR) is 106 cm³/mol. The Morgan fingerprint density at radius 1 is 1.26 bits per heavy atom. The molecule has 1 aliphatic carbocycles. The number of hydrogen-bond acceptors (Lipinski definition) is 5. The van der Waals surface area contributed by atoms with Gasteiger partial charge in [-0.15, -0.1) is 0 Å². The number of H-pyrrole nitrogens is 1. The van der Waals surface area contributed by atoms with Crippen LogP contribution >= 0.6 is 0 Å². The van der Waals surface area contributed by atoms with E-state index in [4.69, 9.17) is 10.7 Å². The van der Waals surface area contributed by atoms with Gasteiger partial charge in [0.05, 0.1) is 0 Å². The Bertz CT molecular complexity index is 973. The third-order valence-corrected chi connectivity index (χ3v) is 6.38. The van der Waals surface area contributed by atoms with Crippen LogP contribution in [-0.2, 0) is 12.6 Å². The smallest absolute Gasteiger partial charge is 0.329 e. The summed E-state index contributed by atoms with van der Waals surface area (Å²) in [5.41, 5.74) is 6.19. The number of nitrogens with two attached hydrogens (primary N) is 1. The second-order valence-corrected chi connectivity index (χ2v) is 8.79. The molecule has 2 aromatic heterocycles. The van der Waals surface area contributed by atoms with Crippen LogP contribution in [0.3, 0.4) is 0 Å². The van der Waals surface area contributed by atoms with E-state index >= 15 is 0 Å². The molecule has 8 heteroatoms. The Labute approximate surface area is 158 Å². The van der Waals surface area contributed by atoms with Crippen LogP contribution in [0.5, 0.6) is 0 Å². The van der Waals surface area contributed by atoms with Crippen molar-refractivity contribution in [3.8, 4) is 0 Å². The lowest BCUT2D eigenvalue weighted by molar-refractivity contribution is 0.178. The highest BCUT2D eigenvalue weighted by molar-refractivity contribution is 5.74. The van der Waals surface area contributed by atoms with Gasteiger partial charge in [-0.3, -0.25) is 18.9 Å². The maximum Gasteiger partial charge on any atom is 0.329 e. The summed E-state index contributed by atoms with van der Waals surface area (Å²) in [4.78, 5) is 34.9. The summed E-state index contributed by atoms with van der Waals surface area (Å²) in [6.45, 7) is 6.08. The first-order valence-corrected chi connectivity index (χ1v) is 10.0. The van der Waals surface area contributed by atoms with Crippen molar-refractivity contribution in [1.29, 1.82) is 0 Å². The van der Waals surface area contributed by atoms with E-state index in [1.54, 1.807) is 0 Å². The summed E-state index contributed by atoms with van der Waals surface area (Å²) in [7, 11) is 1.51. The van der Waals surface area contributed by atoms with E-state index in [0.29, 0.717) is 17.1 Å². The zero-order chi connectivity index (χ0) is 19.3. The average molecular weight is 374 g/mol. The summed E-state index contributed by atoms with van der Waals surface area (Å²) in [5, 5.41) is 0. The lowest BCUT2D eigenvalue weighted by atomic mass is 9.77. The Kier molecular flexibility index (Phi) is 4.41. The highest BCUT2D eigenvalue weighted by Crippen LogP contribution is 2.41. The van der Waals surface area contributed by atoms with Gasteiger partial charge in [0, 0.05) is 31.7 Å².